The summed E-state index contributed by atoms with van der Waals surface area (Å²) in [7, 11) is -3.52. The summed E-state index contributed by atoms with van der Waals surface area (Å²) in [5, 5.41) is -0.106. The van der Waals surface area contributed by atoms with Gasteiger partial charge in [-0.2, -0.15) is 0 Å². The SMILES string of the molecule is CCc1ccc([C@@H]2[C@H](C(N)=S)[C@H]2S(=O)(=O)c2ccc(Cl)cc2)cc1. The monoisotopic (exact) mass is 379 g/mol. The highest BCUT2D eigenvalue weighted by molar-refractivity contribution is 7.92. The summed E-state index contributed by atoms with van der Waals surface area (Å²) in [6, 6.07) is 14.2. The Hall–Kier alpha value is -1.43. The summed E-state index contributed by atoms with van der Waals surface area (Å²) in [5.74, 6) is -0.512. The normalized spacial score (nSPS) is 23.0. The first kappa shape index (κ1) is 17.4. The van der Waals surface area contributed by atoms with Gasteiger partial charge in [0.1, 0.15) is 0 Å². The fourth-order valence-corrected chi connectivity index (χ4v) is 5.82. The molecule has 1 fully saturated rings. The van der Waals surface area contributed by atoms with Crippen LogP contribution in [0.15, 0.2) is 53.4 Å². The number of thiocarbonyl (C=S) groups is 1. The second kappa shape index (κ2) is 6.47. The average Bonchev–Trinajstić information content (AvgIpc) is 3.32. The zero-order valence-electron chi connectivity index (χ0n) is 13.1. The van der Waals surface area contributed by atoms with E-state index in [1.54, 1.807) is 12.1 Å². The van der Waals surface area contributed by atoms with Crippen LogP contribution in [0.4, 0.5) is 0 Å². The number of benzene rings is 2. The third kappa shape index (κ3) is 3.08. The van der Waals surface area contributed by atoms with Gasteiger partial charge in [0, 0.05) is 16.9 Å². The molecular formula is C18H18ClNO2S2. The molecule has 3 nitrogen and oxygen atoms in total. The van der Waals surface area contributed by atoms with Crippen LogP contribution in [-0.4, -0.2) is 18.7 Å². The molecule has 0 spiro atoms. The van der Waals surface area contributed by atoms with Crippen molar-refractivity contribution in [3.05, 3.63) is 64.7 Å². The molecule has 126 valence electrons. The van der Waals surface area contributed by atoms with E-state index in [9.17, 15) is 8.42 Å². The van der Waals surface area contributed by atoms with Crippen molar-refractivity contribution in [2.24, 2.45) is 11.7 Å². The minimum Gasteiger partial charge on any atom is -0.393 e. The van der Waals surface area contributed by atoms with Gasteiger partial charge in [0.2, 0.25) is 0 Å². The third-order valence-corrected chi connectivity index (χ3v) is 7.31. The van der Waals surface area contributed by atoms with Gasteiger partial charge in [-0.1, -0.05) is 55.0 Å². The highest BCUT2D eigenvalue weighted by Gasteiger charge is 2.60. The molecule has 2 N–H and O–H groups in total. The van der Waals surface area contributed by atoms with Crippen LogP contribution >= 0.6 is 23.8 Å². The van der Waals surface area contributed by atoms with Crippen LogP contribution in [0.2, 0.25) is 5.02 Å². The van der Waals surface area contributed by atoms with E-state index in [-0.39, 0.29) is 21.7 Å². The second-order valence-corrected chi connectivity index (χ2v) is 9.03. The summed E-state index contributed by atoms with van der Waals surface area (Å²) >= 11 is 11.0. The van der Waals surface area contributed by atoms with Crippen molar-refractivity contribution in [3.63, 3.8) is 0 Å². The van der Waals surface area contributed by atoms with Crippen molar-refractivity contribution < 1.29 is 8.42 Å². The Bertz CT molecular complexity index is 861. The van der Waals surface area contributed by atoms with Crippen LogP contribution in [0.25, 0.3) is 0 Å². The number of sulfone groups is 1. The lowest BCUT2D eigenvalue weighted by Crippen LogP contribution is -2.17. The van der Waals surface area contributed by atoms with E-state index in [1.807, 2.05) is 24.3 Å². The van der Waals surface area contributed by atoms with Gasteiger partial charge >= 0.3 is 0 Å². The Morgan fingerprint density at radius 2 is 1.71 bits per heavy atom. The Balaban J connectivity index is 1.96. The van der Waals surface area contributed by atoms with Gasteiger partial charge < -0.3 is 5.73 Å². The highest BCUT2D eigenvalue weighted by atomic mass is 35.5. The van der Waals surface area contributed by atoms with E-state index in [4.69, 9.17) is 29.6 Å². The quantitative estimate of drug-likeness (QED) is 0.804. The third-order valence-electron chi connectivity index (χ3n) is 4.56. The van der Waals surface area contributed by atoms with Crippen molar-refractivity contribution in [2.45, 2.75) is 29.4 Å². The maximum atomic E-state index is 13.0. The molecule has 0 radical (unpaired) electrons. The molecule has 6 heteroatoms. The topological polar surface area (TPSA) is 60.2 Å². The Labute approximate surface area is 152 Å². The minimum absolute atomic E-state index is 0.186. The number of hydrogen-bond acceptors (Lipinski definition) is 3. The zero-order valence-corrected chi connectivity index (χ0v) is 15.5. The highest BCUT2D eigenvalue weighted by Crippen LogP contribution is 2.54. The predicted molar refractivity (Wildman–Crippen MR) is 101 cm³/mol. The molecule has 2 aromatic carbocycles. The van der Waals surface area contributed by atoms with Crippen LogP contribution in [-0.2, 0) is 16.3 Å². The van der Waals surface area contributed by atoms with Crippen molar-refractivity contribution in [2.75, 3.05) is 0 Å². The predicted octanol–water partition coefficient (Wildman–Crippen LogP) is 3.74. The van der Waals surface area contributed by atoms with Crippen LogP contribution in [0.1, 0.15) is 24.0 Å². The van der Waals surface area contributed by atoms with E-state index in [2.05, 4.69) is 6.92 Å². The van der Waals surface area contributed by atoms with E-state index >= 15 is 0 Å². The van der Waals surface area contributed by atoms with Gasteiger partial charge in [0.25, 0.3) is 0 Å². The maximum absolute atomic E-state index is 13.0. The molecular weight excluding hydrogens is 362 g/mol. The summed E-state index contributed by atoms with van der Waals surface area (Å²) in [6.07, 6.45) is 0.941. The van der Waals surface area contributed by atoms with Gasteiger partial charge in [0.15, 0.2) is 9.84 Å². The van der Waals surface area contributed by atoms with Crippen LogP contribution in [0.3, 0.4) is 0 Å². The molecule has 1 saturated carbocycles. The molecule has 0 amide bonds. The molecule has 0 unspecified atom stereocenters. The van der Waals surface area contributed by atoms with E-state index < -0.39 is 15.1 Å². The van der Waals surface area contributed by atoms with E-state index in [0.717, 1.165) is 12.0 Å². The maximum Gasteiger partial charge on any atom is 0.182 e. The summed E-state index contributed by atoms with van der Waals surface area (Å²) in [6.45, 7) is 2.08. The number of rotatable bonds is 5. The number of hydrogen-bond donors (Lipinski definition) is 1. The largest absolute Gasteiger partial charge is 0.393 e. The fraction of sp³-hybridized carbons (Fsp3) is 0.278. The van der Waals surface area contributed by atoms with Gasteiger partial charge in [-0.25, -0.2) is 8.42 Å². The lowest BCUT2D eigenvalue weighted by molar-refractivity contribution is 0.593. The molecule has 1 aliphatic carbocycles. The first-order chi connectivity index (χ1) is 11.4. The molecule has 3 atom stereocenters. The first-order valence-corrected chi connectivity index (χ1v) is 10.1. The molecule has 1 aliphatic rings. The summed E-state index contributed by atoms with van der Waals surface area (Å²) < 4.78 is 25.9. The van der Waals surface area contributed by atoms with Crippen molar-refractivity contribution in [3.8, 4) is 0 Å². The molecule has 0 aromatic heterocycles. The number of halogens is 1. The van der Waals surface area contributed by atoms with Crippen LogP contribution in [0, 0.1) is 5.92 Å². The van der Waals surface area contributed by atoms with Gasteiger partial charge in [-0.3, -0.25) is 0 Å². The Morgan fingerprint density at radius 1 is 1.12 bits per heavy atom. The first-order valence-electron chi connectivity index (χ1n) is 7.74. The van der Waals surface area contributed by atoms with Crippen LogP contribution in [0.5, 0.6) is 0 Å². The molecule has 0 saturated heterocycles. The Kier molecular flexibility index (Phi) is 4.69. The standard InChI is InChI=1S/C18H18ClNO2S2/c1-2-11-3-5-12(6-4-11)15-16(18(20)23)17(15)24(21,22)14-9-7-13(19)8-10-14/h3-10,15-17H,2H2,1H3,(H2,20,23)/t15-,16+,17+/m1/s1. The smallest absolute Gasteiger partial charge is 0.182 e. The molecule has 3 rings (SSSR count). The lowest BCUT2D eigenvalue weighted by Gasteiger charge is -2.05. The zero-order chi connectivity index (χ0) is 17.5. The average molecular weight is 380 g/mol. The van der Waals surface area contributed by atoms with E-state index in [0.29, 0.717) is 5.02 Å². The van der Waals surface area contributed by atoms with Crippen molar-refractivity contribution >= 4 is 38.6 Å². The Morgan fingerprint density at radius 3 is 2.21 bits per heavy atom. The van der Waals surface area contributed by atoms with Gasteiger partial charge in [-0.15, -0.1) is 0 Å². The molecule has 2 aromatic rings. The van der Waals surface area contributed by atoms with Gasteiger partial charge in [-0.05, 0) is 41.8 Å². The van der Waals surface area contributed by atoms with Crippen molar-refractivity contribution in [1.82, 2.24) is 0 Å². The minimum atomic E-state index is -3.52. The molecule has 0 heterocycles. The van der Waals surface area contributed by atoms with Crippen molar-refractivity contribution in [1.29, 1.82) is 0 Å². The summed E-state index contributed by atoms with van der Waals surface area (Å²) in [5.41, 5.74) is 7.99. The lowest BCUT2D eigenvalue weighted by atomic mass is 10.1. The second-order valence-electron chi connectivity index (χ2n) is 6.01. The molecule has 0 aliphatic heterocycles. The molecule has 24 heavy (non-hydrogen) atoms. The number of nitrogens with two attached hydrogens (primary N) is 1. The fourth-order valence-electron chi connectivity index (χ4n) is 3.16. The van der Waals surface area contributed by atoms with Crippen LogP contribution < -0.4 is 5.73 Å². The van der Waals surface area contributed by atoms with Gasteiger partial charge in [0.05, 0.1) is 15.1 Å². The van der Waals surface area contributed by atoms with E-state index in [1.165, 1.54) is 17.7 Å². The molecule has 0 bridgehead atoms. The summed E-state index contributed by atoms with van der Waals surface area (Å²) in [4.78, 5) is 0.507. The number of aryl methyl sites for hydroxylation is 1.